The van der Waals surface area contributed by atoms with Gasteiger partial charge in [-0.05, 0) is 24.5 Å². The molecule has 1 aromatic rings. The predicted molar refractivity (Wildman–Crippen MR) is 69.9 cm³/mol. The minimum Gasteiger partial charge on any atom is -0.361 e. The highest BCUT2D eigenvalue weighted by atomic mass is 16.6. The Morgan fingerprint density at radius 3 is 3.05 bits per heavy atom. The third-order valence-electron chi connectivity index (χ3n) is 4.07. The van der Waals surface area contributed by atoms with Crippen molar-refractivity contribution in [2.24, 2.45) is 5.92 Å². The Hall–Kier alpha value is -2.13. The molecular formula is C13H14N4O2. The van der Waals surface area contributed by atoms with Gasteiger partial charge in [0.25, 0.3) is 0 Å². The summed E-state index contributed by atoms with van der Waals surface area (Å²) < 4.78 is 0. The molecular weight excluding hydrogens is 244 g/mol. The molecule has 2 saturated heterocycles. The van der Waals surface area contributed by atoms with Crippen LogP contribution >= 0.6 is 0 Å². The van der Waals surface area contributed by atoms with Crippen molar-refractivity contribution < 1.29 is 4.92 Å². The van der Waals surface area contributed by atoms with Crippen molar-refractivity contribution >= 4 is 11.4 Å². The third-order valence-corrected chi connectivity index (χ3v) is 4.07. The van der Waals surface area contributed by atoms with Crippen LogP contribution < -0.4 is 10.2 Å². The number of nitrogens with one attached hydrogen (secondary N) is 1. The highest BCUT2D eigenvalue weighted by molar-refractivity contribution is 5.70. The SMILES string of the molecule is N#Cc1cccc(N2CC[C@H]3CNC[C@H]32)c1[N+](=O)[O-]. The van der Waals surface area contributed by atoms with Gasteiger partial charge in [-0.3, -0.25) is 10.1 Å². The first-order valence-corrected chi connectivity index (χ1v) is 6.37. The molecule has 19 heavy (non-hydrogen) atoms. The van der Waals surface area contributed by atoms with Crippen molar-refractivity contribution in [2.45, 2.75) is 12.5 Å². The smallest absolute Gasteiger partial charge is 0.310 e. The second kappa shape index (κ2) is 4.52. The summed E-state index contributed by atoms with van der Waals surface area (Å²) in [7, 11) is 0. The molecule has 6 heteroatoms. The van der Waals surface area contributed by atoms with E-state index in [0.717, 1.165) is 26.1 Å². The molecule has 0 aliphatic carbocycles. The van der Waals surface area contributed by atoms with Crippen LogP contribution in [0.15, 0.2) is 18.2 Å². The summed E-state index contributed by atoms with van der Waals surface area (Å²) in [4.78, 5) is 12.9. The van der Waals surface area contributed by atoms with Crippen LogP contribution in [0, 0.1) is 27.4 Å². The summed E-state index contributed by atoms with van der Waals surface area (Å²) in [6, 6.07) is 7.20. The van der Waals surface area contributed by atoms with Gasteiger partial charge in [-0.2, -0.15) is 5.26 Å². The monoisotopic (exact) mass is 258 g/mol. The molecule has 0 unspecified atom stereocenters. The van der Waals surface area contributed by atoms with Gasteiger partial charge in [0.15, 0.2) is 0 Å². The third kappa shape index (κ3) is 1.83. The lowest BCUT2D eigenvalue weighted by Crippen LogP contribution is -2.34. The second-order valence-electron chi connectivity index (χ2n) is 5.01. The number of nitriles is 1. The molecule has 0 spiro atoms. The van der Waals surface area contributed by atoms with Gasteiger partial charge in [0.05, 0.1) is 4.92 Å². The minimum atomic E-state index is -0.441. The maximum absolute atomic E-state index is 11.3. The molecule has 2 aliphatic heterocycles. The first-order chi connectivity index (χ1) is 9.22. The van der Waals surface area contributed by atoms with E-state index in [1.807, 2.05) is 6.07 Å². The van der Waals surface area contributed by atoms with Gasteiger partial charge in [0.1, 0.15) is 17.3 Å². The van der Waals surface area contributed by atoms with E-state index in [2.05, 4.69) is 10.2 Å². The van der Waals surface area contributed by atoms with Gasteiger partial charge < -0.3 is 10.2 Å². The molecule has 0 radical (unpaired) electrons. The lowest BCUT2D eigenvalue weighted by atomic mass is 10.0. The number of hydrogen-bond donors (Lipinski definition) is 1. The highest BCUT2D eigenvalue weighted by Crippen LogP contribution is 2.38. The van der Waals surface area contributed by atoms with Crippen LogP contribution in [0.4, 0.5) is 11.4 Å². The maximum Gasteiger partial charge on any atom is 0.310 e. The van der Waals surface area contributed by atoms with Crippen LogP contribution in [0.2, 0.25) is 0 Å². The number of fused-ring (bicyclic) bond motifs is 1. The largest absolute Gasteiger partial charge is 0.361 e. The van der Waals surface area contributed by atoms with Gasteiger partial charge in [0, 0.05) is 25.7 Å². The van der Waals surface area contributed by atoms with Crippen molar-refractivity contribution in [1.82, 2.24) is 5.32 Å². The predicted octanol–water partition coefficient (Wildman–Crippen LogP) is 1.26. The summed E-state index contributed by atoms with van der Waals surface area (Å²) in [5.41, 5.74) is 0.662. The van der Waals surface area contributed by atoms with E-state index in [9.17, 15) is 10.1 Å². The lowest BCUT2D eigenvalue weighted by molar-refractivity contribution is -0.384. The zero-order chi connectivity index (χ0) is 13.4. The van der Waals surface area contributed by atoms with Crippen LogP contribution in [0.25, 0.3) is 0 Å². The van der Waals surface area contributed by atoms with E-state index in [-0.39, 0.29) is 11.3 Å². The van der Waals surface area contributed by atoms with E-state index in [1.54, 1.807) is 12.1 Å². The Kier molecular flexibility index (Phi) is 2.84. The van der Waals surface area contributed by atoms with E-state index in [4.69, 9.17) is 5.26 Å². The van der Waals surface area contributed by atoms with E-state index >= 15 is 0 Å². The summed E-state index contributed by atoms with van der Waals surface area (Å²) in [6.45, 7) is 2.66. The first kappa shape index (κ1) is 11.9. The van der Waals surface area contributed by atoms with E-state index in [1.165, 1.54) is 6.07 Å². The molecule has 2 atom stereocenters. The fourth-order valence-corrected chi connectivity index (χ4v) is 3.19. The fourth-order valence-electron chi connectivity index (χ4n) is 3.19. The van der Waals surface area contributed by atoms with Crippen molar-refractivity contribution in [3.63, 3.8) is 0 Å². The number of hydrogen-bond acceptors (Lipinski definition) is 5. The quantitative estimate of drug-likeness (QED) is 0.638. The number of nitrogens with zero attached hydrogens (tertiary/aromatic N) is 3. The molecule has 2 heterocycles. The normalized spacial score (nSPS) is 25.1. The van der Waals surface area contributed by atoms with Crippen LogP contribution in [-0.2, 0) is 0 Å². The summed E-state index contributed by atoms with van der Waals surface area (Å²) in [5, 5.41) is 23.6. The molecule has 6 nitrogen and oxygen atoms in total. The van der Waals surface area contributed by atoms with Crippen molar-refractivity contribution in [1.29, 1.82) is 5.26 Å². The number of nitro benzene ring substituents is 1. The Morgan fingerprint density at radius 1 is 1.47 bits per heavy atom. The lowest BCUT2D eigenvalue weighted by Gasteiger charge is -2.25. The number of nitro groups is 1. The molecule has 0 aromatic heterocycles. The number of anilines is 1. The molecule has 1 N–H and O–H groups in total. The molecule has 2 fully saturated rings. The van der Waals surface area contributed by atoms with Gasteiger partial charge in [-0.15, -0.1) is 0 Å². The van der Waals surface area contributed by atoms with Crippen LogP contribution in [0.3, 0.4) is 0 Å². The fraction of sp³-hybridized carbons (Fsp3) is 0.462. The molecule has 98 valence electrons. The molecule has 1 aromatic carbocycles. The van der Waals surface area contributed by atoms with Crippen LogP contribution in [0.1, 0.15) is 12.0 Å². The van der Waals surface area contributed by atoms with Crippen molar-refractivity contribution in [2.75, 3.05) is 24.5 Å². The van der Waals surface area contributed by atoms with Crippen LogP contribution in [0.5, 0.6) is 0 Å². The Labute approximate surface area is 110 Å². The first-order valence-electron chi connectivity index (χ1n) is 6.37. The Bertz CT molecular complexity index is 566. The van der Waals surface area contributed by atoms with Gasteiger partial charge in [0.2, 0.25) is 0 Å². The van der Waals surface area contributed by atoms with Crippen molar-refractivity contribution in [3.05, 3.63) is 33.9 Å². The van der Waals surface area contributed by atoms with Crippen LogP contribution in [-0.4, -0.2) is 30.6 Å². The zero-order valence-corrected chi connectivity index (χ0v) is 10.4. The van der Waals surface area contributed by atoms with E-state index in [0.29, 0.717) is 17.6 Å². The number of rotatable bonds is 2. The molecule has 2 aliphatic rings. The molecule has 3 rings (SSSR count). The molecule has 0 bridgehead atoms. The topological polar surface area (TPSA) is 82.2 Å². The summed E-state index contributed by atoms with van der Waals surface area (Å²) >= 11 is 0. The average Bonchev–Trinajstić information content (AvgIpc) is 2.99. The highest BCUT2D eigenvalue weighted by Gasteiger charge is 2.40. The summed E-state index contributed by atoms with van der Waals surface area (Å²) in [6.07, 6.45) is 1.05. The zero-order valence-electron chi connectivity index (χ0n) is 10.4. The standard InChI is InChI=1S/C13H14N4O2/c14-6-9-2-1-3-11(13(9)17(18)19)16-5-4-10-7-15-8-12(10)16/h1-3,10,12,15H,4-5,7-8H2/t10-,12+/m0/s1. The van der Waals surface area contributed by atoms with Crippen molar-refractivity contribution in [3.8, 4) is 6.07 Å². The van der Waals surface area contributed by atoms with Gasteiger partial charge >= 0.3 is 5.69 Å². The van der Waals surface area contributed by atoms with E-state index < -0.39 is 4.92 Å². The number of para-hydroxylation sites is 1. The van der Waals surface area contributed by atoms with Gasteiger partial charge in [-0.25, -0.2) is 0 Å². The number of benzene rings is 1. The summed E-state index contributed by atoms with van der Waals surface area (Å²) in [5.74, 6) is 0.561. The van der Waals surface area contributed by atoms with Gasteiger partial charge in [-0.1, -0.05) is 6.07 Å². The average molecular weight is 258 g/mol. The Balaban J connectivity index is 2.06. The Morgan fingerprint density at radius 2 is 2.32 bits per heavy atom. The minimum absolute atomic E-state index is 0.0578. The molecule has 0 saturated carbocycles. The molecule has 0 amide bonds. The maximum atomic E-state index is 11.3. The second-order valence-corrected chi connectivity index (χ2v) is 5.01.